The van der Waals surface area contributed by atoms with E-state index in [-0.39, 0.29) is 5.60 Å². The Bertz CT molecular complexity index is 350. The Labute approximate surface area is 93.9 Å². The van der Waals surface area contributed by atoms with Gasteiger partial charge in [0.05, 0.1) is 16.8 Å². The number of methoxy groups -OCH3 is 1. The summed E-state index contributed by atoms with van der Waals surface area (Å²) in [6.07, 6.45) is 3.69. The van der Waals surface area contributed by atoms with Gasteiger partial charge in [-0.15, -0.1) is 11.3 Å². The van der Waals surface area contributed by atoms with Gasteiger partial charge in [-0.3, -0.25) is 0 Å². The minimum atomic E-state index is 0.0518. The molecule has 3 nitrogen and oxygen atoms in total. The summed E-state index contributed by atoms with van der Waals surface area (Å²) in [5.41, 5.74) is 3.39. The minimum Gasteiger partial charge on any atom is -0.375 e. The smallest absolute Gasteiger partial charge is 0.0974 e. The summed E-state index contributed by atoms with van der Waals surface area (Å²) < 4.78 is 5.62. The summed E-state index contributed by atoms with van der Waals surface area (Å²) in [5, 5.41) is 3.29. The van der Waals surface area contributed by atoms with Crippen molar-refractivity contribution in [2.75, 3.05) is 20.2 Å². The minimum absolute atomic E-state index is 0.0518. The number of hydrogen-bond acceptors (Lipinski definition) is 4. The fraction of sp³-hybridized carbons (Fsp3) is 0.727. The molecule has 0 unspecified atom stereocenters. The SMILES string of the molecule is COC1(Cc2scnc2C2CC2)CNC1. The van der Waals surface area contributed by atoms with E-state index < -0.39 is 0 Å². The van der Waals surface area contributed by atoms with Crippen LogP contribution in [0.4, 0.5) is 0 Å². The van der Waals surface area contributed by atoms with Gasteiger partial charge in [-0.25, -0.2) is 4.98 Å². The van der Waals surface area contributed by atoms with Crippen LogP contribution in [0.1, 0.15) is 29.3 Å². The highest BCUT2D eigenvalue weighted by molar-refractivity contribution is 7.09. The zero-order valence-electron chi connectivity index (χ0n) is 8.95. The molecule has 3 rings (SSSR count). The van der Waals surface area contributed by atoms with E-state index in [4.69, 9.17) is 4.74 Å². The van der Waals surface area contributed by atoms with E-state index in [0.717, 1.165) is 25.4 Å². The molecule has 82 valence electrons. The highest BCUT2D eigenvalue weighted by Crippen LogP contribution is 2.42. The first-order valence-corrected chi connectivity index (χ1v) is 6.39. The first-order valence-electron chi connectivity index (χ1n) is 5.51. The first kappa shape index (κ1) is 9.75. The van der Waals surface area contributed by atoms with Crippen LogP contribution in [0.5, 0.6) is 0 Å². The molecule has 2 aliphatic rings. The van der Waals surface area contributed by atoms with Crippen molar-refractivity contribution in [3.63, 3.8) is 0 Å². The van der Waals surface area contributed by atoms with Crippen molar-refractivity contribution >= 4 is 11.3 Å². The maximum Gasteiger partial charge on any atom is 0.0974 e. The lowest BCUT2D eigenvalue weighted by molar-refractivity contribution is -0.0498. The Morgan fingerprint density at radius 3 is 2.93 bits per heavy atom. The van der Waals surface area contributed by atoms with Crippen LogP contribution in [0.2, 0.25) is 0 Å². The molecule has 1 saturated heterocycles. The standard InChI is InChI=1S/C11H16N2OS/c1-14-11(5-12-6-11)4-9-10(8-2-3-8)13-7-15-9/h7-8,12H,2-6H2,1H3. The average Bonchev–Trinajstić information content (AvgIpc) is 2.93. The fourth-order valence-corrected chi connectivity index (χ4v) is 3.12. The van der Waals surface area contributed by atoms with Crippen LogP contribution < -0.4 is 5.32 Å². The van der Waals surface area contributed by atoms with Crippen molar-refractivity contribution in [3.05, 3.63) is 16.1 Å². The molecule has 2 heterocycles. The van der Waals surface area contributed by atoms with Crippen molar-refractivity contribution in [1.29, 1.82) is 0 Å². The van der Waals surface area contributed by atoms with Crippen LogP contribution in [0.3, 0.4) is 0 Å². The topological polar surface area (TPSA) is 34.1 Å². The van der Waals surface area contributed by atoms with E-state index >= 15 is 0 Å². The second-order valence-corrected chi connectivity index (χ2v) is 5.54. The molecule has 0 spiro atoms. The van der Waals surface area contributed by atoms with E-state index in [0.29, 0.717) is 0 Å². The normalized spacial score (nSPS) is 23.8. The Kier molecular flexibility index (Phi) is 2.30. The van der Waals surface area contributed by atoms with Crippen LogP contribution in [-0.2, 0) is 11.2 Å². The van der Waals surface area contributed by atoms with Crippen LogP contribution >= 0.6 is 11.3 Å². The molecule has 0 aromatic carbocycles. The number of aromatic nitrogens is 1. The van der Waals surface area contributed by atoms with Gasteiger partial charge in [-0.2, -0.15) is 0 Å². The zero-order chi connectivity index (χ0) is 10.3. The molecule has 0 atom stereocenters. The lowest BCUT2D eigenvalue weighted by Crippen LogP contribution is -2.61. The van der Waals surface area contributed by atoms with E-state index in [2.05, 4.69) is 10.3 Å². The second-order valence-electron chi connectivity index (χ2n) is 4.60. The molecule has 1 aromatic heterocycles. The van der Waals surface area contributed by atoms with Crippen molar-refractivity contribution in [3.8, 4) is 0 Å². The summed E-state index contributed by atoms with van der Waals surface area (Å²) in [4.78, 5) is 5.94. The Balaban J connectivity index is 1.77. The van der Waals surface area contributed by atoms with Gasteiger partial charge < -0.3 is 10.1 Å². The Morgan fingerprint density at radius 2 is 2.40 bits per heavy atom. The predicted molar refractivity (Wildman–Crippen MR) is 60.4 cm³/mol. The molecule has 0 radical (unpaired) electrons. The number of nitrogens with zero attached hydrogens (tertiary/aromatic N) is 1. The highest BCUT2D eigenvalue weighted by Gasteiger charge is 2.39. The Morgan fingerprint density at radius 1 is 1.60 bits per heavy atom. The van der Waals surface area contributed by atoms with Gasteiger partial charge in [0, 0.05) is 37.4 Å². The van der Waals surface area contributed by atoms with Gasteiger partial charge in [0.15, 0.2) is 0 Å². The molecule has 0 bridgehead atoms. The molecule has 0 amide bonds. The van der Waals surface area contributed by atoms with Gasteiger partial charge in [0.25, 0.3) is 0 Å². The molecule has 1 aromatic rings. The summed E-state index contributed by atoms with van der Waals surface area (Å²) in [5.74, 6) is 0.758. The van der Waals surface area contributed by atoms with Crippen molar-refractivity contribution < 1.29 is 4.74 Å². The molecular weight excluding hydrogens is 208 g/mol. The van der Waals surface area contributed by atoms with Gasteiger partial charge in [0.1, 0.15) is 0 Å². The third kappa shape index (κ3) is 1.71. The van der Waals surface area contributed by atoms with Crippen molar-refractivity contribution in [1.82, 2.24) is 10.3 Å². The van der Waals surface area contributed by atoms with E-state index in [1.54, 1.807) is 11.3 Å². The van der Waals surface area contributed by atoms with Crippen LogP contribution in [0.25, 0.3) is 0 Å². The zero-order valence-corrected chi connectivity index (χ0v) is 9.77. The first-order chi connectivity index (χ1) is 7.33. The molecule has 4 heteroatoms. The van der Waals surface area contributed by atoms with Gasteiger partial charge in [-0.1, -0.05) is 0 Å². The molecule has 1 saturated carbocycles. The third-order valence-corrected chi connectivity index (χ3v) is 4.30. The summed E-state index contributed by atoms with van der Waals surface area (Å²) in [6, 6.07) is 0. The summed E-state index contributed by atoms with van der Waals surface area (Å²) >= 11 is 1.79. The Hall–Kier alpha value is -0.450. The molecule has 2 fully saturated rings. The molecule has 1 aliphatic carbocycles. The monoisotopic (exact) mass is 224 g/mol. The van der Waals surface area contributed by atoms with E-state index in [1.807, 2.05) is 12.6 Å². The number of rotatable bonds is 4. The molecule has 15 heavy (non-hydrogen) atoms. The van der Waals surface area contributed by atoms with Crippen LogP contribution in [0.15, 0.2) is 5.51 Å². The highest BCUT2D eigenvalue weighted by atomic mass is 32.1. The average molecular weight is 224 g/mol. The van der Waals surface area contributed by atoms with E-state index in [9.17, 15) is 0 Å². The summed E-state index contributed by atoms with van der Waals surface area (Å²) in [7, 11) is 1.82. The third-order valence-electron chi connectivity index (χ3n) is 3.45. The lowest BCUT2D eigenvalue weighted by Gasteiger charge is -2.41. The van der Waals surface area contributed by atoms with Gasteiger partial charge >= 0.3 is 0 Å². The number of hydrogen-bond donors (Lipinski definition) is 1. The fourth-order valence-electron chi connectivity index (χ4n) is 2.14. The van der Waals surface area contributed by atoms with E-state index in [1.165, 1.54) is 23.4 Å². The number of nitrogens with one attached hydrogen (secondary N) is 1. The molecule has 1 N–H and O–H groups in total. The molecule has 1 aliphatic heterocycles. The maximum absolute atomic E-state index is 5.62. The summed E-state index contributed by atoms with van der Waals surface area (Å²) in [6.45, 7) is 1.96. The van der Waals surface area contributed by atoms with Gasteiger partial charge in [0.2, 0.25) is 0 Å². The molecular formula is C11H16N2OS. The van der Waals surface area contributed by atoms with Crippen molar-refractivity contribution in [2.45, 2.75) is 30.8 Å². The largest absolute Gasteiger partial charge is 0.375 e. The lowest BCUT2D eigenvalue weighted by atomic mass is 9.91. The quantitative estimate of drug-likeness (QED) is 0.842. The predicted octanol–water partition coefficient (Wildman–Crippen LogP) is 1.55. The van der Waals surface area contributed by atoms with Gasteiger partial charge in [-0.05, 0) is 12.8 Å². The maximum atomic E-state index is 5.62. The second kappa shape index (κ2) is 3.54. The number of thiazole rings is 1. The number of ether oxygens (including phenoxy) is 1. The van der Waals surface area contributed by atoms with Crippen LogP contribution in [0, 0.1) is 0 Å². The van der Waals surface area contributed by atoms with Crippen LogP contribution in [-0.4, -0.2) is 30.8 Å². The van der Waals surface area contributed by atoms with Crippen molar-refractivity contribution in [2.24, 2.45) is 0 Å².